The van der Waals surface area contributed by atoms with Gasteiger partial charge in [-0.3, -0.25) is 0 Å². The highest BCUT2D eigenvalue weighted by Gasteiger charge is 2.03. The topological polar surface area (TPSA) is 12.9 Å². The van der Waals surface area contributed by atoms with E-state index in [9.17, 15) is 4.39 Å². The molecule has 2 rings (SSSR count). The van der Waals surface area contributed by atoms with Gasteiger partial charge in [0.2, 0.25) is 0 Å². The van der Waals surface area contributed by atoms with Crippen molar-refractivity contribution >= 4 is 10.8 Å². The van der Waals surface area contributed by atoms with Crippen LogP contribution in [0.5, 0.6) is 0 Å². The molecule has 70 valence electrons. The van der Waals surface area contributed by atoms with Crippen molar-refractivity contribution in [1.82, 2.24) is 4.98 Å². The predicted octanol–water partition coefficient (Wildman–Crippen LogP) is 2.34. The van der Waals surface area contributed by atoms with Crippen molar-refractivity contribution in [2.75, 3.05) is 0 Å². The van der Waals surface area contributed by atoms with Gasteiger partial charge in [0, 0.05) is 5.39 Å². The molecule has 0 fully saturated rings. The Balaban J connectivity index is 2.90. The molecule has 1 aromatic carbocycles. The minimum atomic E-state index is -0.320. The summed E-state index contributed by atoms with van der Waals surface area (Å²) in [5.41, 5.74) is 0.863. The Morgan fingerprint density at radius 2 is 1.93 bits per heavy atom. The lowest BCUT2D eigenvalue weighted by Gasteiger charge is -2.01. The minimum Gasteiger partial charge on any atom is -0.230 e. The van der Waals surface area contributed by atoms with Gasteiger partial charge in [-0.25, -0.2) is 9.37 Å². The molecule has 0 spiro atoms. The Morgan fingerprint density at radius 1 is 1.13 bits per heavy atom. The molecule has 0 atom stereocenters. The maximum Gasteiger partial charge on any atom is 0.123 e. The summed E-state index contributed by atoms with van der Waals surface area (Å²) in [5.74, 6) is 4.50. The quantitative estimate of drug-likeness (QED) is 0.588. The standard InChI is InChI=1S/C13H6FN/c1-3-11-8-9-7-10(14)5-6-12(9)13(4-2)15-11/h1-2,5-8H. The number of fused-ring (bicyclic) bond motifs is 1. The summed E-state index contributed by atoms with van der Waals surface area (Å²) in [6.45, 7) is 0. The first-order valence-corrected chi connectivity index (χ1v) is 4.28. The van der Waals surface area contributed by atoms with Crippen molar-refractivity contribution in [2.45, 2.75) is 0 Å². The Labute approximate surface area is 87.0 Å². The molecule has 0 aliphatic carbocycles. The second-order valence-electron chi connectivity index (χ2n) is 3.01. The molecule has 0 N–H and O–H groups in total. The summed E-state index contributed by atoms with van der Waals surface area (Å²) in [7, 11) is 0. The monoisotopic (exact) mass is 195 g/mol. The van der Waals surface area contributed by atoms with Crippen LogP contribution < -0.4 is 0 Å². The molecule has 0 saturated heterocycles. The highest BCUT2D eigenvalue weighted by atomic mass is 19.1. The lowest BCUT2D eigenvalue weighted by Crippen LogP contribution is -1.90. The number of pyridine rings is 1. The van der Waals surface area contributed by atoms with E-state index >= 15 is 0 Å². The highest BCUT2D eigenvalue weighted by molar-refractivity contribution is 5.87. The average molecular weight is 195 g/mol. The van der Waals surface area contributed by atoms with Crippen molar-refractivity contribution in [2.24, 2.45) is 0 Å². The zero-order chi connectivity index (χ0) is 10.8. The van der Waals surface area contributed by atoms with Crippen molar-refractivity contribution in [3.05, 3.63) is 41.5 Å². The van der Waals surface area contributed by atoms with E-state index in [-0.39, 0.29) is 5.82 Å². The Bertz CT molecular complexity index is 615. The number of nitrogens with zero attached hydrogens (tertiary/aromatic N) is 1. The molecule has 0 aliphatic rings. The van der Waals surface area contributed by atoms with E-state index in [0.29, 0.717) is 16.8 Å². The lowest BCUT2D eigenvalue weighted by atomic mass is 10.1. The number of hydrogen-bond acceptors (Lipinski definition) is 1. The Hall–Kier alpha value is -2.32. The molecule has 2 heteroatoms. The number of halogens is 1. The van der Waals surface area contributed by atoms with Crippen molar-refractivity contribution in [1.29, 1.82) is 0 Å². The molecule has 15 heavy (non-hydrogen) atoms. The van der Waals surface area contributed by atoms with E-state index in [1.54, 1.807) is 12.1 Å². The van der Waals surface area contributed by atoms with Gasteiger partial charge in [0.1, 0.15) is 17.2 Å². The van der Waals surface area contributed by atoms with Crippen molar-refractivity contribution in [3.63, 3.8) is 0 Å². The van der Waals surface area contributed by atoms with Crippen LogP contribution in [0.1, 0.15) is 11.4 Å². The summed E-state index contributed by atoms with van der Waals surface area (Å²) in [6.07, 6.45) is 10.5. The average Bonchev–Trinajstić information content (AvgIpc) is 2.26. The molecular formula is C13H6FN. The van der Waals surface area contributed by atoms with E-state index in [2.05, 4.69) is 16.8 Å². The first-order chi connectivity index (χ1) is 7.24. The minimum absolute atomic E-state index is 0.320. The number of terminal acetylenes is 2. The van der Waals surface area contributed by atoms with E-state index in [4.69, 9.17) is 12.8 Å². The zero-order valence-corrected chi connectivity index (χ0v) is 7.79. The second-order valence-corrected chi connectivity index (χ2v) is 3.01. The fraction of sp³-hybridized carbons (Fsp3) is 0. The highest BCUT2D eigenvalue weighted by Crippen LogP contribution is 2.19. The zero-order valence-electron chi connectivity index (χ0n) is 7.79. The Morgan fingerprint density at radius 3 is 2.60 bits per heavy atom. The summed E-state index contributed by atoms with van der Waals surface area (Å²) in [6, 6.07) is 5.98. The second kappa shape index (κ2) is 3.44. The molecule has 1 nitrogen and oxygen atoms in total. The number of benzene rings is 1. The van der Waals surface area contributed by atoms with Gasteiger partial charge in [-0.2, -0.15) is 0 Å². The van der Waals surface area contributed by atoms with Crippen LogP contribution in [0.4, 0.5) is 4.39 Å². The van der Waals surface area contributed by atoms with Crippen molar-refractivity contribution < 1.29 is 4.39 Å². The van der Waals surface area contributed by atoms with Crippen LogP contribution in [0, 0.1) is 30.5 Å². The summed E-state index contributed by atoms with van der Waals surface area (Å²) < 4.78 is 13.0. The fourth-order valence-electron chi connectivity index (χ4n) is 1.41. The number of rotatable bonds is 0. The van der Waals surface area contributed by atoms with Gasteiger partial charge in [0.05, 0.1) is 0 Å². The normalized spacial score (nSPS) is 9.53. The maximum absolute atomic E-state index is 13.0. The molecule has 0 bridgehead atoms. The molecule has 0 saturated carbocycles. The molecule has 1 heterocycles. The van der Waals surface area contributed by atoms with Gasteiger partial charge in [0.15, 0.2) is 0 Å². The Kier molecular flexibility index (Phi) is 2.12. The first kappa shape index (κ1) is 9.24. The van der Waals surface area contributed by atoms with Crippen LogP contribution in [-0.2, 0) is 0 Å². The van der Waals surface area contributed by atoms with Crippen LogP contribution in [0.25, 0.3) is 10.8 Å². The summed E-state index contributed by atoms with van der Waals surface area (Å²) in [4.78, 5) is 4.07. The smallest absolute Gasteiger partial charge is 0.123 e. The molecular weight excluding hydrogens is 189 g/mol. The van der Waals surface area contributed by atoms with Gasteiger partial charge in [-0.05, 0) is 35.6 Å². The first-order valence-electron chi connectivity index (χ1n) is 4.28. The number of aromatic nitrogens is 1. The van der Waals surface area contributed by atoms with Crippen molar-refractivity contribution in [3.8, 4) is 24.7 Å². The fourth-order valence-corrected chi connectivity index (χ4v) is 1.41. The van der Waals surface area contributed by atoms with E-state index in [1.165, 1.54) is 12.1 Å². The van der Waals surface area contributed by atoms with Gasteiger partial charge in [-0.15, -0.1) is 12.8 Å². The lowest BCUT2D eigenvalue weighted by molar-refractivity contribution is 0.629. The van der Waals surface area contributed by atoms with E-state index in [0.717, 1.165) is 5.39 Å². The van der Waals surface area contributed by atoms with Gasteiger partial charge < -0.3 is 0 Å². The van der Waals surface area contributed by atoms with E-state index in [1.807, 2.05) is 0 Å². The molecule has 0 unspecified atom stereocenters. The summed E-state index contributed by atoms with van der Waals surface area (Å²) >= 11 is 0. The van der Waals surface area contributed by atoms with Crippen LogP contribution in [0.2, 0.25) is 0 Å². The van der Waals surface area contributed by atoms with Crippen LogP contribution in [-0.4, -0.2) is 4.98 Å². The SMILES string of the molecule is C#Cc1cc2cc(F)ccc2c(C#C)n1. The maximum atomic E-state index is 13.0. The molecule has 0 amide bonds. The third-order valence-electron chi connectivity index (χ3n) is 2.08. The third kappa shape index (κ3) is 1.54. The predicted molar refractivity (Wildman–Crippen MR) is 57.6 cm³/mol. The van der Waals surface area contributed by atoms with Gasteiger partial charge in [0.25, 0.3) is 0 Å². The van der Waals surface area contributed by atoms with Crippen LogP contribution in [0.15, 0.2) is 24.3 Å². The third-order valence-corrected chi connectivity index (χ3v) is 2.08. The molecule has 0 aliphatic heterocycles. The summed E-state index contributed by atoms with van der Waals surface area (Å²) in [5, 5.41) is 1.41. The van der Waals surface area contributed by atoms with Gasteiger partial charge in [-0.1, -0.05) is 5.92 Å². The largest absolute Gasteiger partial charge is 0.230 e. The van der Waals surface area contributed by atoms with E-state index < -0.39 is 0 Å². The molecule has 0 radical (unpaired) electrons. The molecule has 2 aromatic rings. The molecule has 1 aromatic heterocycles. The van der Waals surface area contributed by atoms with Gasteiger partial charge >= 0.3 is 0 Å². The van der Waals surface area contributed by atoms with Crippen LogP contribution in [0.3, 0.4) is 0 Å². The number of hydrogen-bond donors (Lipinski definition) is 0. The van der Waals surface area contributed by atoms with Crippen LogP contribution >= 0.6 is 0 Å².